The number of carbonyl (C=O) groups is 1. The number of aliphatic hydroxyl groups excluding tert-OH is 3. The first-order valence-corrected chi connectivity index (χ1v) is 3.47. The molecule has 0 aromatic rings. The maximum absolute atomic E-state index is 9.81. The van der Waals surface area contributed by atoms with Crippen LogP contribution in [0.5, 0.6) is 0 Å². The summed E-state index contributed by atoms with van der Waals surface area (Å²) in [5.41, 5.74) is 0. The molecule has 0 unspecified atom stereocenters. The third kappa shape index (κ3) is 17.7. The summed E-state index contributed by atoms with van der Waals surface area (Å²) in [5, 5.41) is 24.0. The van der Waals surface area contributed by atoms with Crippen molar-refractivity contribution < 1.29 is 20.1 Å². The van der Waals surface area contributed by atoms with Gasteiger partial charge in [0.1, 0.15) is 11.9 Å². The van der Waals surface area contributed by atoms with Crippen LogP contribution in [0.25, 0.3) is 0 Å². The zero-order chi connectivity index (χ0) is 9.28. The van der Waals surface area contributed by atoms with Crippen LogP contribution in [-0.4, -0.2) is 40.4 Å². The van der Waals surface area contributed by atoms with E-state index >= 15 is 0 Å². The van der Waals surface area contributed by atoms with E-state index in [1.807, 2.05) is 6.92 Å². The number of aliphatic hydroxyl groups is 3. The monoisotopic (exact) mass is 164 g/mol. The van der Waals surface area contributed by atoms with Crippen molar-refractivity contribution in [3.8, 4) is 0 Å². The molecule has 0 saturated heterocycles. The van der Waals surface area contributed by atoms with Gasteiger partial charge in [-0.15, -0.1) is 0 Å². The number of ketones is 1. The Morgan fingerprint density at radius 1 is 1.36 bits per heavy atom. The lowest BCUT2D eigenvalue weighted by atomic mass is 10.4. The minimum Gasteiger partial charge on any atom is -0.394 e. The van der Waals surface area contributed by atoms with Crippen LogP contribution in [0.15, 0.2) is 0 Å². The standard InChI is InChI=1S/C4H8O.C3H8O3/c1-3-4(2)5;4-1-3(6)2-5/h3H2,1-2H3;3-6H,1-2H2. The van der Waals surface area contributed by atoms with Crippen LogP contribution < -0.4 is 0 Å². The predicted octanol–water partition coefficient (Wildman–Crippen LogP) is -0.683. The number of rotatable bonds is 3. The van der Waals surface area contributed by atoms with Gasteiger partial charge in [0.15, 0.2) is 0 Å². The van der Waals surface area contributed by atoms with Crippen LogP contribution in [0.2, 0.25) is 0 Å². The normalized spacial score (nSPS) is 8.91. The molecule has 11 heavy (non-hydrogen) atoms. The third-order valence-corrected chi connectivity index (χ3v) is 0.919. The molecule has 0 aliphatic heterocycles. The molecule has 4 nitrogen and oxygen atoms in total. The number of hydrogen-bond donors (Lipinski definition) is 3. The second-order valence-corrected chi connectivity index (χ2v) is 2.07. The molecular formula is C7H16O4. The molecule has 0 rings (SSSR count). The van der Waals surface area contributed by atoms with Gasteiger partial charge in [0.05, 0.1) is 13.2 Å². The lowest BCUT2D eigenvalue weighted by Crippen LogP contribution is -2.15. The fraction of sp³-hybridized carbons (Fsp3) is 0.857. The summed E-state index contributed by atoms with van der Waals surface area (Å²) in [5.74, 6) is 0.255. The summed E-state index contributed by atoms with van der Waals surface area (Å²) in [6.45, 7) is 2.70. The molecule has 0 aromatic carbocycles. The van der Waals surface area contributed by atoms with Gasteiger partial charge in [-0.2, -0.15) is 0 Å². The fourth-order valence-electron chi connectivity index (χ4n) is 0.0577. The van der Waals surface area contributed by atoms with E-state index in [-0.39, 0.29) is 19.0 Å². The second-order valence-electron chi connectivity index (χ2n) is 2.07. The highest BCUT2D eigenvalue weighted by molar-refractivity contribution is 5.74. The van der Waals surface area contributed by atoms with Crippen molar-refractivity contribution in [3.05, 3.63) is 0 Å². The van der Waals surface area contributed by atoms with Gasteiger partial charge in [0.25, 0.3) is 0 Å². The third-order valence-electron chi connectivity index (χ3n) is 0.919. The van der Waals surface area contributed by atoms with E-state index in [0.29, 0.717) is 6.42 Å². The summed E-state index contributed by atoms with van der Waals surface area (Å²) in [7, 11) is 0. The van der Waals surface area contributed by atoms with Crippen LogP contribution in [0.1, 0.15) is 20.3 Å². The molecule has 0 spiro atoms. The first-order chi connectivity index (χ1) is 5.08. The van der Waals surface area contributed by atoms with Crippen molar-refractivity contribution in [3.63, 3.8) is 0 Å². The van der Waals surface area contributed by atoms with Crippen LogP contribution in [0.3, 0.4) is 0 Å². The number of Topliss-reactive ketones (excluding diaryl/α,β-unsaturated/α-hetero) is 1. The van der Waals surface area contributed by atoms with E-state index in [1.165, 1.54) is 0 Å². The Morgan fingerprint density at radius 2 is 1.64 bits per heavy atom. The van der Waals surface area contributed by atoms with Gasteiger partial charge in [0, 0.05) is 6.42 Å². The molecule has 0 aromatic heterocycles. The maximum atomic E-state index is 9.81. The summed E-state index contributed by atoms with van der Waals surface area (Å²) >= 11 is 0. The second kappa shape index (κ2) is 9.55. The summed E-state index contributed by atoms with van der Waals surface area (Å²) in [4.78, 5) is 9.81. The molecule has 4 heteroatoms. The number of carbonyl (C=O) groups excluding carboxylic acids is 1. The summed E-state index contributed by atoms with van der Waals surface area (Å²) < 4.78 is 0. The van der Waals surface area contributed by atoms with Crippen molar-refractivity contribution in [2.45, 2.75) is 26.4 Å². The smallest absolute Gasteiger partial charge is 0.129 e. The minimum atomic E-state index is -0.954. The van der Waals surface area contributed by atoms with Gasteiger partial charge in [-0.3, -0.25) is 0 Å². The Kier molecular flexibility index (Phi) is 11.4. The van der Waals surface area contributed by atoms with E-state index in [0.717, 1.165) is 0 Å². The fourth-order valence-corrected chi connectivity index (χ4v) is 0.0577. The van der Waals surface area contributed by atoms with E-state index in [4.69, 9.17) is 15.3 Å². The van der Waals surface area contributed by atoms with Crippen molar-refractivity contribution in [1.29, 1.82) is 0 Å². The van der Waals surface area contributed by atoms with Gasteiger partial charge < -0.3 is 20.1 Å². The molecule has 0 aliphatic carbocycles. The van der Waals surface area contributed by atoms with E-state index in [2.05, 4.69) is 0 Å². The molecule has 0 aliphatic rings. The number of hydrogen-bond acceptors (Lipinski definition) is 4. The van der Waals surface area contributed by atoms with Gasteiger partial charge >= 0.3 is 0 Å². The van der Waals surface area contributed by atoms with Gasteiger partial charge in [-0.1, -0.05) is 6.92 Å². The topological polar surface area (TPSA) is 77.8 Å². The van der Waals surface area contributed by atoms with Gasteiger partial charge in [-0.05, 0) is 6.92 Å². The molecule has 0 amide bonds. The van der Waals surface area contributed by atoms with Crippen LogP contribution >= 0.6 is 0 Å². The molecular weight excluding hydrogens is 148 g/mol. The quantitative estimate of drug-likeness (QED) is 0.516. The highest BCUT2D eigenvalue weighted by Gasteiger charge is 1.93. The zero-order valence-corrected chi connectivity index (χ0v) is 6.95. The van der Waals surface area contributed by atoms with Gasteiger partial charge in [0.2, 0.25) is 0 Å². The van der Waals surface area contributed by atoms with Crippen LogP contribution in [0, 0.1) is 0 Å². The predicted molar refractivity (Wildman–Crippen MR) is 41.2 cm³/mol. The lowest BCUT2D eigenvalue weighted by Gasteiger charge is -1.96. The van der Waals surface area contributed by atoms with Crippen LogP contribution in [0.4, 0.5) is 0 Å². The van der Waals surface area contributed by atoms with E-state index < -0.39 is 6.10 Å². The maximum Gasteiger partial charge on any atom is 0.129 e. The Labute approximate surface area is 66.5 Å². The molecule has 68 valence electrons. The van der Waals surface area contributed by atoms with E-state index in [1.54, 1.807) is 6.92 Å². The lowest BCUT2D eigenvalue weighted by molar-refractivity contribution is -0.116. The minimum absolute atomic E-state index is 0.255. The highest BCUT2D eigenvalue weighted by Crippen LogP contribution is 1.72. The van der Waals surface area contributed by atoms with Crippen LogP contribution in [-0.2, 0) is 4.79 Å². The Balaban J connectivity index is 0. The van der Waals surface area contributed by atoms with Crippen molar-refractivity contribution >= 4 is 5.78 Å². The van der Waals surface area contributed by atoms with Gasteiger partial charge in [-0.25, -0.2) is 0 Å². The Hall–Kier alpha value is -0.450. The Bertz CT molecular complexity index is 88.4. The molecule has 0 radical (unpaired) electrons. The van der Waals surface area contributed by atoms with Crippen molar-refractivity contribution in [1.82, 2.24) is 0 Å². The molecule has 0 bridgehead atoms. The molecule has 0 fully saturated rings. The summed E-state index contributed by atoms with van der Waals surface area (Å²) in [6.07, 6.45) is -0.287. The van der Waals surface area contributed by atoms with E-state index in [9.17, 15) is 4.79 Å². The van der Waals surface area contributed by atoms with Crippen molar-refractivity contribution in [2.75, 3.05) is 13.2 Å². The highest BCUT2D eigenvalue weighted by atomic mass is 16.3. The average molecular weight is 164 g/mol. The van der Waals surface area contributed by atoms with Crippen molar-refractivity contribution in [2.24, 2.45) is 0 Å². The molecule has 0 saturated carbocycles. The molecule has 3 N–H and O–H groups in total. The Morgan fingerprint density at radius 3 is 1.64 bits per heavy atom. The first-order valence-electron chi connectivity index (χ1n) is 3.47. The molecule has 0 heterocycles. The SMILES string of the molecule is CCC(C)=O.OCC(O)CO. The largest absolute Gasteiger partial charge is 0.394 e. The first kappa shape index (κ1) is 13.2. The summed E-state index contributed by atoms with van der Waals surface area (Å²) in [6, 6.07) is 0. The molecule has 0 atom stereocenters. The average Bonchev–Trinajstić information content (AvgIpc) is 2.04. The zero-order valence-electron chi connectivity index (χ0n) is 6.95.